The lowest BCUT2D eigenvalue weighted by Gasteiger charge is -2.48. The van der Waals surface area contributed by atoms with Crippen molar-refractivity contribution in [2.24, 2.45) is 4.99 Å². The fraction of sp³-hybridized carbons (Fsp3) is 0.933. The van der Waals surface area contributed by atoms with Crippen molar-refractivity contribution in [3.8, 4) is 0 Å². The van der Waals surface area contributed by atoms with Crippen LogP contribution < -0.4 is 5.32 Å². The second-order valence-corrected chi connectivity index (χ2v) is 10.2. The van der Waals surface area contributed by atoms with Crippen molar-refractivity contribution in [1.82, 2.24) is 20.0 Å². The van der Waals surface area contributed by atoms with Gasteiger partial charge in [0, 0.05) is 65.4 Å². The van der Waals surface area contributed by atoms with E-state index >= 15 is 0 Å². The van der Waals surface area contributed by atoms with E-state index in [9.17, 15) is 8.42 Å². The first-order valence-corrected chi connectivity index (χ1v) is 10.1. The average molecular weight is 343 g/mol. The van der Waals surface area contributed by atoms with Crippen molar-refractivity contribution in [3.05, 3.63) is 0 Å². The Kier molecular flexibility index (Phi) is 4.59. The van der Waals surface area contributed by atoms with Gasteiger partial charge in [-0.25, -0.2) is 8.42 Å². The van der Waals surface area contributed by atoms with Crippen molar-refractivity contribution >= 4 is 15.8 Å². The lowest BCUT2D eigenvalue weighted by atomic mass is 10.1. The third-order valence-corrected chi connectivity index (χ3v) is 7.98. The lowest BCUT2D eigenvalue weighted by Crippen LogP contribution is -2.64. The number of rotatable bonds is 2. The van der Waals surface area contributed by atoms with Crippen LogP contribution in [0.5, 0.6) is 0 Å². The maximum absolute atomic E-state index is 12.2. The van der Waals surface area contributed by atoms with Gasteiger partial charge < -0.3 is 10.2 Å². The predicted octanol–water partition coefficient (Wildman–Crippen LogP) is -0.929. The summed E-state index contributed by atoms with van der Waals surface area (Å²) in [6.45, 7) is 11.3. The molecule has 4 heterocycles. The molecule has 4 aliphatic rings. The molecule has 132 valence electrons. The summed E-state index contributed by atoms with van der Waals surface area (Å²) < 4.78 is 23.6. The quantitative estimate of drug-likeness (QED) is 0.516. The van der Waals surface area contributed by atoms with Crippen LogP contribution in [0.1, 0.15) is 13.8 Å². The van der Waals surface area contributed by atoms with Gasteiger partial charge in [-0.2, -0.15) is 0 Å². The molecule has 4 aliphatic heterocycles. The average Bonchev–Trinajstić information content (AvgIpc) is 2.52. The van der Waals surface area contributed by atoms with Gasteiger partial charge in [0.2, 0.25) is 0 Å². The van der Waals surface area contributed by atoms with Gasteiger partial charge in [-0.3, -0.25) is 14.8 Å². The van der Waals surface area contributed by atoms with Crippen LogP contribution in [0, 0.1) is 0 Å². The van der Waals surface area contributed by atoms with Crippen molar-refractivity contribution in [3.63, 3.8) is 0 Å². The second-order valence-electron chi connectivity index (χ2n) is 7.42. The number of guanidine groups is 1. The Morgan fingerprint density at radius 2 is 1.91 bits per heavy atom. The molecular weight excluding hydrogens is 314 g/mol. The summed E-state index contributed by atoms with van der Waals surface area (Å²) in [6.07, 6.45) is 0. The second kappa shape index (κ2) is 6.22. The highest BCUT2D eigenvalue weighted by Crippen LogP contribution is 2.23. The van der Waals surface area contributed by atoms with Crippen molar-refractivity contribution in [2.75, 3.05) is 65.2 Å². The highest BCUT2D eigenvalue weighted by Gasteiger charge is 2.41. The number of nitrogens with zero attached hydrogens (tertiary/aromatic N) is 4. The summed E-state index contributed by atoms with van der Waals surface area (Å²) in [5, 5.41) is 3.47. The van der Waals surface area contributed by atoms with E-state index in [1.807, 2.05) is 0 Å². The molecule has 4 rings (SSSR count). The summed E-state index contributed by atoms with van der Waals surface area (Å²) >= 11 is 0. The van der Waals surface area contributed by atoms with E-state index in [4.69, 9.17) is 0 Å². The molecule has 0 saturated carbocycles. The minimum absolute atomic E-state index is 0.198. The van der Waals surface area contributed by atoms with Crippen LogP contribution in [0.2, 0.25) is 0 Å². The normalized spacial score (nSPS) is 36.0. The fourth-order valence-electron chi connectivity index (χ4n) is 3.78. The first-order chi connectivity index (χ1) is 10.8. The number of hydrogen-bond acceptors (Lipinski definition) is 5. The Morgan fingerprint density at radius 3 is 2.43 bits per heavy atom. The summed E-state index contributed by atoms with van der Waals surface area (Å²) in [4.78, 5) is 11.5. The van der Waals surface area contributed by atoms with Crippen LogP contribution >= 0.6 is 0 Å². The molecule has 1 N–H and O–H groups in total. The van der Waals surface area contributed by atoms with Crippen molar-refractivity contribution in [2.45, 2.75) is 24.6 Å². The number of nitrogens with one attached hydrogen (secondary N) is 1. The molecule has 0 radical (unpaired) electrons. The Hall–Kier alpha value is -0.860. The standard InChI is InChI=1S/C15H29N5O2S/c1-15(2)12-20(8-9-23(15,21)22)14(16-3)17-10-13-11-18-4-6-19(13)7-5-18/h13H,4-12H2,1-3H3,(H,16,17). The number of piperazine rings is 3. The first kappa shape index (κ1) is 17.0. The van der Waals surface area contributed by atoms with E-state index in [0.717, 1.165) is 32.1 Å². The van der Waals surface area contributed by atoms with Gasteiger partial charge in [0.05, 0.1) is 10.5 Å². The summed E-state index contributed by atoms with van der Waals surface area (Å²) in [5.74, 6) is 1.02. The van der Waals surface area contributed by atoms with Gasteiger partial charge in [-0.05, 0) is 13.8 Å². The molecule has 1 unspecified atom stereocenters. The van der Waals surface area contributed by atoms with Crippen LogP contribution in [0.25, 0.3) is 0 Å². The van der Waals surface area contributed by atoms with Crippen molar-refractivity contribution < 1.29 is 8.42 Å². The molecule has 0 spiro atoms. The molecule has 0 aliphatic carbocycles. The Balaban J connectivity index is 1.59. The van der Waals surface area contributed by atoms with Gasteiger partial charge in [0.25, 0.3) is 0 Å². The zero-order valence-electron chi connectivity index (χ0n) is 14.5. The number of aliphatic imine (C=N–C) groups is 1. The molecule has 2 bridgehead atoms. The van der Waals surface area contributed by atoms with E-state index in [1.165, 1.54) is 13.1 Å². The largest absolute Gasteiger partial charge is 0.355 e. The minimum atomic E-state index is -3.02. The summed E-state index contributed by atoms with van der Waals surface area (Å²) in [7, 11) is -1.24. The number of sulfone groups is 1. The highest BCUT2D eigenvalue weighted by atomic mass is 32.2. The fourth-order valence-corrected chi connectivity index (χ4v) is 5.15. The first-order valence-electron chi connectivity index (χ1n) is 8.47. The predicted molar refractivity (Wildman–Crippen MR) is 92.6 cm³/mol. The molecule has 7 nitrogen and oxygen atoms in total. The van der Waals surface area contributed by atoms with E-state index in [0.29, 0.717) is 19.1 Å². The molecule has 4 fully saturated rings. The molecule has 1 atom stereocenters. The van der Waals surface area contributed by atoms with Gasteiger partial charge in [0.1, 0.15) is 0 Å². The highest BCUT2D eigenvalue weighted by molar-refractivity contribution is 7.92. The molecule has 0 aromatic heterocycles. The van der Waals surface area contributed by atoms with E-state index in [1.54, 1.807) is 20.9 Å². The Morgan fingerprint density at radius 1 is 1.22 bits per heavy atom. The van der Waals surface area contributed by atoms with Gasteiger partial charge >= 0.3 is 0 Å². The third kappa shape index (κ3) is 3.34. The van der Waals surface area contributed by atoms with Crippen LogP contribution in [0.4, 0.5) is 0 Å². The third-order valence-electron chi connectivity index (χ3n) is 5.44. The smallest absolute Gasteiger partial charge is 0.193 e. The molecule has 0 amide bonds. The molecule has 0 aromatic rings. The van der Waals surface area contributed by atoms with E-state index < -0.39 is 14.6 Å². The molecule has 4 saturated heterocycles. The van der Waals surface area contributed by atoms with Gasteiger partial charge in [-0.1, -0.05) is 0 Å². The number of hydrogen-bond donors (Lipinski definition) is 1. The van der Waals surface area contributed by atoms with E-state index in [-0.39, 0.29) is 5.75 Å². The van der Waals surface area contributed by atoms with Gasteiger partial charge in [0.15, 0.2) is 15.8 Å². The summed E-state index contributed by atoms with van der Waals surface area (Å²) in [5.41, 5.74) is 0. The molecule has 0 aromatic carbocycles. The Bertz CT molecular complexity index is 566. The van der Waals surface area contributed by atoms with Gasteiger partial charge in [-0.15, -0.1) is 0 Å². The zero-order valence-corrected chi connectivity index (χ0v) is 15.3. The monoisotopic (exact) mass is 343 g/mol. The number of fused-ring (bicyclic) bond motifs is 3. The SMILES string of the molecule is CN=C(NCC1CN2CCN1CC2)N1CCS(=O)(=O)C(C)(C)C1. The topological polar surface area (TPSA) is 68.2 Å². The maximum Gasteiger partial charge on any atom is 0.193 e. The van der Waals surface area contributed by atoms with Crippen LogP contribution in [-0.2, 0) is 9.84 Å². The molecule has 8 heteroatoms. The minimum Gasteiger partial charge on any atom is -0.355 e. The summed E-state index contributed by atoms with van der Waals surface area (Å²) in [6, 6.07) is 0.524. The van der Waals surface area contributed by atoms with E-state index in [2.05, 4.69) is 25.0 Å². The van der Waals surface area contributed by atoms with Crippen LogP contribution in [0.15, 0.2) is 4.99 Å². The zero-order chi connectivity index (χ0) is 16.7. The lowest BCUT2D eigenvalue weighted by molar-refractivity contribution is 0.0152. The molecular formula is C15H29N5O2S. The Labute approximate surface area is 139 Å². The van der Waals surface area contributed by atoms with Crippen LogP contribution in [-0.4, -0.2) is 105 Å². The van der Waals surface area contributed by atoms with Crippen LogP contribution in [0.3, 0.4) is 0 Å². The maximum atomic E-state index is 12.2. The molecule has 23 heavy (non-hydrogen) atoms. The van der Waals surface area contributed by atoms with Crippen molar-refractivity contribution in [1.29, 1.82) is 0 Å².